The average Bonchev–Trinajstić information content (AvgIpc) is 2.64. The molecule has 96 valence electrons. The monoisotopic (exact) mass is 276 g/mol. The van der Waals surface area contributed by atoms with Gasteiger partial charge in [-0.2, -0.15) is 0 Å². The predicted octanol–water partition coefficient (Wildman–Crippen LogP) is 1.17. The van der Waals surface area contributed by atoms with Crippen molar-refractivity contribution in [2.45, 2.75) is 24.5 Å². The molecule has 0 spiro atoms. The zero-order valence-electron chi connectivity index (χ0n) is 9.76. The Bertz CT molecular complexity index is 491. The molecule has 0 radical (unpaired) electrons. The number of hydrogen-bond donors (Lipinski definition) is 2. The summed E-state index contributed by atoms with van der Waals surface area (Å²) in [7, 11) is -3.71. The van der Waals surface area contributed by atoms with Crippen molar-refractivity contribution in [2.24, 2.45) is 11.1 Å². The van der Waals surface area contributed by atoms with E-state index in [2.05, 4.69) is 19.2 Å². The lowest BCUT2D eigenvalue weighted by Crippen LogP contribution is -2.24. The Balaban J connectivity index is 2.62. The summed E-state index contributed by atoms with van der Waals surface area (Å²) in [5, 5.41) is 9.18. The Morgan fingerprint density at radius 1 is 1.53 bits per heavy atom. The largest absolute Gasteiger partial charge is 0.352 e. The summed E-state index contributed by atoms with van der Waals surface area (Å²) in [4.78, 5) is 11.6. The highest BCUT2D eigenvalue weighted by atomic mass is 32.2. The van der Waals surface area contributed by atoms with Crippen molar-refractivity contribution in [3.63, 3.8) is 0 Å². The molecule has 0 fully saturated rings. The molecule has 17 heavy (non-hydrogen) atoms. The van der Waals surface area contributed by atoms with Gasteiger partial charge in [0.05, 0.1) is 5.56 Å². The normalized spacial score (nSPS) is 11.8. The van der Waals surface area contributed by atoms with Gasteiger partial charge < -0.3 is 5.32 Å². The summed E-state index contributed by atoms with van der Waals surface area (Å²) in [5.74, 6) is 0.245. The first kappa shape index (κ1) is 14.1. The lowest BCUT2D eigenvalue weighted by molar-refractivity contribution is 0.0952. The van der Waals surface area contributed by atoms with Gasteiger partial charge in [0.2, 0.25) is 10.0 Å². The second kappa shape index (κ2) is 5.61. The van der Waals surface area contributed by atoms with Gasteiger partial charge in [0.1, 0.15) is 4.21 Å². The molecule has 0 unspecified atom stereocenters. The average molecular weight is 276 g/mol. The molecule has 0 saturated heterocycles. The molecule has 3 N–H and O–H groups in total. The zero-order valence-corrected chi connectivity index (χ0v) is 11.4. The molecule has 0 aliphatic heterocycles. The van der Waals surface area contributed by atoms with E-state index in [1.165, 1.54) is 11.4 Å². The summed E-state index contributed by atoms with van der Waals surface area (Å²) < 4.78 is 22.1. The van der Waals surface area contributed by atoms with E-state index in [0.717, 1.165) is 17.8 Å². The van der Waals surface area contributed by atoms with Crippen molar-refractivity contribution in [3.05, 3.63) is 17.0 Å². The highest BCUT2D eigenvalue weighted by Gasteiger charge is 2.14. The highest BCUT2D eigenvalue weighted by Crippen LogP contribution is 2.18. The van der Waals surface area contributed by atoms with E-state index < -0.39 is 10.0 Å². The van der Waals surface area contributed by atoms with Crippen LogP contribution in [0.15, 0.2) is 15.7 Å². The van der Waals surface area contributed by atoms with E-state index in [4.69, 9.17) is 5.14 Å². The third-order valence-electron chi connectivity index (χ3n) is 2.13. The van der Waals surface area contributed by atoms with Crippen LogP contribution in [-0.2, 0) is 10.0 Å². The van der Waals surface area contributed by atoms with Gasteiger partial charge in [0, 0.05) is 11.9 Å². The molecule has 1 aromatic heterocycles. The SMILES string of the molecule is CC(C)CCNC(=O)c1csc(S(N)(=O)=O)c1. The van der Waals surface area contributed by atoms with Gasteiger partial charge in [-0.15, -0.1) is 11.3 Å². The minimum atomic E-state index is -3.71. The lowest BCUT2D eigenvalue weighted by atomic mass is 10.1. The second-order valence-electron chi connectivity index (χ2n) is 4.14. The first-order valence-corrected chi connectivity index (χ1v) is 7.63. The van der Waals surface area contributed by atoms with Crippen molar-refractivity contribution in [1.29, 1.82) is 0 Å². The van der Waals surface area contributed by atoms with E-state index in [1.54, 1.807) is 0 Å². The number of hydrogen-bond acceptors (Lipinski definition) is 4. The quantitative estimate of drug-likeness (QED) is 0.846. The van der Waals surface area contributed by atoms with Crippen LogP contribution >= 0.6 is 11.3 Å². The van der Waals surface area contributed by atoms with Gasteiger partial charge in [-0.25, -0.2) is 13.6 Å². The van der Waals surface area contributed by atoms with Crippen LogP contribution in [-0.4, -0.2) is 20.9 Å². The van der Waals surface area contributed by atoms with Gasteiger partial charge in [-0.1, -0.05) is 13.8 Å². The number of primary sulfonamides is 1. The molecule has 0 bridgehead atoms. The van der Waals surface area contributed by atoms with Crippen LogP contribution in [0, 0.1) is 5.92 Å². The van der Waals surface area contributed by atoms with Crippen molar-refractivity contribution in [3.8, 4) is 0 Å². The molecule has 1 rings (SSSR count). The Labute approximate surface area is 105 Å². The third kappa shape index (κ3) is 4.45. The lowest BCUT2D eigenvalue weighted by Gasteiger charge is -2.05. The number of nitrogens with two attached hydrogens (primary N) is 1. The topological polar surface area (TPSA) is 89.3 Å². The fraction of sp³-hybridized carbons (Fsp3) is 0.500. The van der Waals surface area contributed by atoms with E-state index in [-0.39, 0.29) is 10.1 Å². The molecule has 0 aromatic carbocycles. The number of thiophene rings is 1. The molecular formula is C10H16N2O3S2. The van der Waals surface area contributed by atoms with E-state index in [1.807, 2.05) is 0 Å². The molecule has 0 atom stereocenters. The number of rotatable bonds is 5. The smallest absolute Gasteiger partial charge is 0.252 e. The van der Waals surface area contributed by atoms with Crippen molar-refractivity contribution < 1.29 is 13.2 Å². The van der Waals surface area contributed by atoms with Crippen LogP contribution in [0.4, 0.5) is 0 Å². The minimum absolute atomic E-state index is 0.00603. The zero-order chi connectivity index (χ0) is 13.1. The van der Waals surface area contributed by atoms with Crippen LogP contribution in [0.5, 0.6) is 0 Å². The van der Waals surface area contributed by atoms with Crippen LogP contribution in [0.3, 0.4) is 0 Å². The predicted molar refractivity (Wildman–Crippen MR) is 67.5 cm³/mol. The van der Waals surface area contributed by atoms with Crippen LogP contribution in [0.1, 0.15) is 30.6 Å². The van der Waals surface area contributed by atoms with E-state index in [9.17, 15) is 13.2 Å². The van der Waals surface area contributed by atoms with Crippen molar-refractivity contribution >= 4 is 27.3 Å². The summed E-state index contributed by atoms with van der Waals surface area (Å²) in [6.45, 7) is 4.71. The van der Waals surface area contributed by atoms with Crippen LogP contribution in [0.2, 0.25) is 0 Å². The fourth-order valence-corrected chi connectivity index (χ4v) is 2.75. The van der Waals surface area contributed by atoms with E-state index >= 15 is 0 Å². The van der Waals surface area contributed by atoms with Gasteiger partial charge >= 0.3 is 0 Å². The van der Waals surface area contributed by atoms with Gasteiger partial charge in [0.15, 0.2) is 0 Å². The Hall–Kier alpha value is -0.920. The molecule has 1 aromatic rings. The Morgan fingerprint density at radius 3 is 2.65 bits per heavy atom. The molecule has 7 heteroatoms. The summed E-state index contributed by atoms with van der Waals surface area (Å²) in [5.41, 5.74) is 0.336. The highest BCUT2D eigenvalue weighted by molar-refractivity contribution is 7.91. The van der Waals surface area contributed by atoms with Gasteiger partial charge in [-0.05, 0) is 18.4 Å². The maximum Gasteiger partial charge on any atom is 0.252 e. The van der Waals surface area contributed by atoms with Gasteiger partial charge in [-0.3, -0.25) is 4.79 Å². The standard InChI is InChI=1S/C10H16N2O3S2/c1-7(2)3-4-12-10(13)8-5-9(16-6-8)17(11,14)15/h5-7H,3-4H2,1-2H3,(H,12,13)(H2,11,14,15). The molecule has 0 saturated carbocycles. The number of nitrogens with one attached hydrogen (secondary N) is 1. The molecule has 0 aliphatic carbocycles. The minimum Gasteiger partial charge on any atom is -0.352 e. The number of carbonyl (C=O) groups excluding carboxylic acids is 1. The number of amides is 1. The van der Waals surface area contributed by atoms with Gasteiger partial charge in [0.25, 0.3) is 5.91 Å². The van der Waals surface area contributed by atoms with Crippen molar-refractivity contribution in [1.82, 2.24) is 5.32 Å². The fourth-order valence-electron chi connectivity index (χ4n) is 1.16. The first-order chi connectivity index (χ1) is 7.80. The van der Waals surface area contributed by atoms with Crippen molar-refractivity contribution in [2.75, 3.05) is 6.54 Å². The number of carbonyl (C=O) groups is 1. The molecule has 0 aliphatic rings. The number of sulfonamides is 1. The Morgan fingerprint density at radius 2 is 2.18 bits per heavy atom. The van der Waals surface area contributed by atoms with E-state index in [0.29, 0.717) is 18.0 Å². The molecule has 1 heterocycles. The molecule has 5 nitrogen and oxygen atoms in total. The second-order valence-corrected chi connectivity index (χ2v) is 6.84. The maximum absolute atomic E-state index is 11.6. The third-order valence-corrected chi connectivity index (χ3v) is 4.51. The van der Waals surface area contributed by atoms with Crippen LogP contribution in [0.25, 0.3) is 0 Å². The summed E-state index contributed by atoms with van der Waals surface area (Å²) >= 11 is 0.951. The molecular weight excluding hydrogens is 260 g/mol. The maximum atomic E-state index is 11.6. The summed E-state index contributed by atoms with van der Waals surface area (Å²) in [6.07, 6.45) is 0.887. The molecule has 1 amide bonds. The Kier molecular flexibility index (Phi) is 4.67. The summed E-state index contributed by atoms with van der Waals surface area (Å²) in [6, 6.07) is 1.30. The van der Waals surface area contributed by atoms with Crippen LogP contribution < -0.4 is 10.5 Å². The first-order valence-electron chi connectivity index (χ1n) is 5.20.